The van der Waals surface area contributed by atoms with E-state index in [1.54, 1.807) is 0 Å². The van der Waals surface area contributed by atoms with Gasteiger partial charge in [-0.1, -0.05) is 0 Å². The number of hydrogen-bond donors (Lipinski definition) is 0. The van der Waals surface area contributed by atoms with E-state index in [1.165, 1.54) is 0 Å². The van der Waals surface area contributed by atoms with Crippen molar-refractivity contribution in [1.29, 1.82) is 0 Å². The van der Waals surface area contributed by atoms with Crippen molar-refractivity contribution >= 4 is 13.5 Å². The van der Waals surface area contributed by atoms with E-state index in [2.05, 4.69) is 0 Å². The number of hydrogen-bond acceptors (Lipinski definition) is 0. The third kappa shape index (κ3) is 29.6. The molecule has 0 aromatic rings. The zero-order valence-corrected chi connectivity index (χ0v) is 6.22. The zero-order chi connectivity index (χ0) is 0. The molecule has 9 radical (unpaired) electrons. The second kappa shape index (κ2) is 48.9. The first-order valence-corrected chi connectivity index (χ1v) is 0. The maximum Gasteiger partial charge on any atom is 0 e. The van der Waals surface area contributed by atoms with Crippen molar-refractivity contribution in [2.45, 2.75) is 0 Å². The van der Waals surface area contributed by atoms with Gasteiger partial charge in [0.25, 0.3) is 0 Å². The predicted molar refractivity (Wildman–Crippen MR) is 13.0 cm³/mol. The molecule has 0 N–H and O–H groups in total. The van der Waals surface area contributed by atoms with Crippen molar-refractivity contribution in [1.82, 2.24) is 6.15 Å². The van der Waals surface area contributed by atoms with Crippen LogP contribution in [0.4, 0.5) is 0 Å². The molecule has 0 fully saturated rings. The van der Waals surface area contributed by atoms with E-state index in [0.29, 0.717) is 0 Å². The molecule has 0 spiro atoms. The van der Waals surface area contributed by atoms with Crippen LogP contribution >= 0.6 is 13.5 Å². The molecule has 4 heteroatoms. The summed E-state index contributed by atoms with van der Waals surface area (Å²) in [7, 11) is 0. The van der Waals surface area contributed by atoms with Gasteiger partial charge >= 0.3 is 0 Å². The average Bonchev–Trinajstić information content (AvgIpc) is 0. The Balaban J connectivity index is 0. The van der Waals surface area contributed by atoms with Crippen LogP contribution in [0.1, 0.15) is 0 Å². The Morgan fingerprint density at radius 1 is 1.00 bits per heavy atom. The quantitative estimate of drug-likeness (QED) is 0.574. The predicted octanol–water partition coefficient (Wildman–Crippen LogP) is 0.244. The van der Waals surface area contributed by atoms with Gasteiger partial charge in [-0.3, -0.25) is 0 Å². The molecular weight excluding hydrogens is 309 g/mol. The average molecular weight is 309 g/mol. The van der Waals surface area contributed by atoms with Crippen molar-refractivity contribution in [2.75, 3.05) is 0 Å². The van der Waals surface area contributed by atoms with E-state index in [-0.39, 0.29) is 65.2 Å². The number of rotatable bonds is 0. The molecule has 0 atom stereocenters. The smallest absolute Gasteiger partial charge is 0 e. The van der Waals surface area contributed by atoms with Crippen molar-refractivity contribution in [2.24, 2.45) is 0 Å². The van der Waals surface area contributed by atoms with Gasteiger partial charge in [0.05, 0.1) is 0 Å². The molecule has 0 heterocycles. The Hall–Kier alpha value is 1.52. The monoisotopic (exact) mass is 309 g/mol. The Bertz CT molecular complexity index is 11.6. The third-order valence-electron chi connectivity index (χ3n) is 0. The van der Waals surface area contributed by atoms with Crippen molar-refractivity contribution in [3.05, 3.63) is 7.43 Å². The van der Waals surface area contributed by atoms with E-state index in [4.69, 9.17) is 0 Å². The molecular formula is CFeNPtS. The first-order valence-electron chi connectivity index (χ1n) is 0. The molecule has 0 aliphatic heterocycles. The van der Waals surface area contributed by atoms with Crippen LogP contribution in [0.2, 0.25) is 0 Å². The van der Waals surface area contributed by atoms with E-state index < -0.39 is 0 Å². The molecule has 5 heavy (non-hydrogen) atoms. The molecule has 0 bridgehead atoms. The van der Waals surface area contributed by atoms with Gasteiger partial charge in [0, 0.05) is 65.2 Å². The second-order valence-corrected chi connectivity index (χ2v) is 0. The first kappa shape index (κ1) is 86.1. The molecule has 0 unspecified atom stereocenters. The fourth-order valence-electron chi connectivity index (χ4n) is 0. The van der Waals surface area contributed by atoms with Crippen molar-refractivity contribution < 1.29 is 38.1 Å². The van der Waals surface area contributed by atoms with Crippen molar-refractivity contribution in [3.8, 4) is 0 Å². The van der Waals surface area contributed by atoms with Crippen LogP contribution in [0.5, 0.6) is 0 Å². The zero-order valence-electron chi connectivity index (χ0n) is 2.03. The SMILES string of the molecule is [C].[Fe].[N].[Pt].[S]. The summed E-state index contributed by atoms with van der Waals surface area (Å²) in [6, 6.07) is 0. The van der Waals surface area contributed by atoms with Crippen LogP contribution in [0.3, 0.4) is 0 Å². The maximum atomic E-state index is 0. The Labute approximate surface area is 65.1 Å². The summed E-state index contributed by atoms with van der Waals surface area (Å²) in [4.78, 5) is 0. The van der Waals surface area contributed by atoms with E-state index in [0.717, 1.165) is 0 Å². The molecule has 33 valence electrons. The minimum absolute atomic E-state index is 0. The molecule has 0 aliphatic carbocycles. The standard InChI is InChI=1S/C.Fe.N.Pt.S. The topological polar surface area (TPSA) is 30.5 Å². The minimum Gasteiger partial charge on any atom is 0 e. The van der Waals surface area contributed by atoms with Gasteiger partial charge in [0.15, 0.2) is 0 Å². The normalized spacial score (nSPS) is 0. The van der Waals surface area contributed by atoms with Gasteiger partial charge in [-0.05, 0) is 0 Å². The fraction of sp³-hybridized carbons (Fsp3) is 0. The van der Waals surface area contributed by atoms with Crippen LogP contribution in [-0.4, -0.2) is 0 Å². The van der Waals surface area contributed by atoms with E-state index in [9.17, 15) is 0 Å². The summed E-state index contributed by atoms with van der Waals surface area (Å²) < 4.78 is 0. The van der Waals surface area contributed by atoms with Crippen LogP contribution in [0.15, 0.2) is 0 Å². The summed E-state index contributed by atoms with van der Waals surface area (Å²) in [6.07, 6.45) is 0. The minimum atomic E-state index is 0. The van der Waals surface area contributed by atoms with E-state index in [1.807, 2.05) is 0 Å². The van der Waals surface area contributed by atoms with E-state index >= 15 is 0 Å². The molecule has 0 aromatic heterocycles. The van der Waals surface area contributed by atoms with Crippen molar-refractivity contribution in [3.63, 3.8) is 0 Å². The maximum absolute atomic E-state index is 0. The van der Waals surface area contributed by atoms with Gasteiger partial charge in [0.2, 0.25) is 0 Å². The Morgan fingerprint density at radius 3 is 1.00 bits per heavy atom. The summed E-state index contributed by atoms with van der Waals surface area (Å²) in [5, 5.41) is 0. The molecule has 0 amide bonds. The molecule has 0 aliphatic rings. The fourth-order valence-corrected chi connectivity index (χ4v) is 0. The molecule has 0 rings (SSSR count). The molecule has 0 saturated heterocycles. The molecule has 0 saturated carbocycles. The van der Waals surface area contributed by atoms with Gasteiger partial charge in [-0.2, -0.15) is 0 Å². The van der Waals surface area contributed by atoms with Crippen LogP contribution in [-0.2, 0) is 38.1 Å². The number of nitrogens with zero attached hydrogens (tertiary/aromatic N) is 1. The third-order valence-corrected chi connectivity index (χ3v) is 0. The van der Waals surface area contributed by atoms with Gasteiger partial charge in [0.1, 0.15) is 0 Å². The van der Waals surface area contributed by atoms with Crippen LogP contribution < -0.4 is 6.15 Å². The molecule has 1 nitrogen and oxygen atoms in total. The second-order valence-electron chi connectivity index (χ2n) is 0. The molecule has 0 aromatic carbocycles. The van der Waals surface area contributed by atoms with Crippen LogP contribution in [0.25, 0.3) is 0 Å². The Kier molecular flexibility index (Phi) is 842. The first-order chi connectivity index (χ1) is 0. The summed E-state index contributed by atoms with van der Waals surface area (Å²) in [5.74, 6) is 0. The summed E-state index contributed by atoms with van der Waals surface area (Å²) in [5.41, 5.74) is 0. The summed E-state index contributed by atoms with van der Waals surface area (Å²) in [6.45, 7) is 0. The van der Waals surface area contributed by atoms with Crippen LogP contribution in [0, 0.1) is 7.43 Å². The Morgan fingerprint density at radius 2 is 1.00 bits per heavy atom. The van der Waals surface area contributed by atoms with Gasteiger partial charge in [-0.15, -0.1) is 0 Å². The summed E-state index contributed by atoms with van der Waals surface area (Å²) >= 11 is 0. The van der Waals surface area contributed by atoms with Gasteiger partial charge < -0.3 is 0 Å². The van der Waals surface area contributed by atoms with Gasteiger partial charge in [-0.25, -0.2) is 0 Å². The largest absolute Gasteiger partial charge is 0 e.